The highest BCUT2D eigenvalue weighted by molar-refractivity contribution is 5.61. The molecule has 0 N–H and O–H groups in total. The average molecular weight is 204 g/mol. The van der Waals surface area contributed by atoms with Crippen LogP contribution in [0.2, 0.25) is 0 Å². The Morgan fingerprint density at radius 1 is 1.47 bits per heavy atom. The Balaban J connectivity index is 2.12. The van der Waals surface area contributed by atoms with Crippen LogP contribution in [0, 0.1) is 6.07 Å². The molecular formula is C12H14NO2. The molecule has 0 saturated carbocycles. The van der Waals surface area contributed by atoms with Crippen molar-refractivity contribution in [2.75, 3.05) is 26.3 Å². The number of rotatable bonds is 3. The van der Waals surface area contributed by atoms with E-state index in [1.807, 2.05) is 24.3 Å². The van der Waals surface area contributed by atoms with Crippen LogP contribution in [-0.2, 0) is 9.53 Å². The molecule has 15 heavy (non-hydrogen) atoms. The molecule has 1 atom stereocenters. The number of carbonyl (C=O) groups excluding carboxylic acids is 1. The summed E-state index contributed by atoms with van der Waals surface area (Å²) in [5.74, 6) is 0. The van der Waals surface area contributed by atoms with E-state index in [2.05, 4.69) is 11.0 Å². The van der Waals surface area contributed by atoms with E-state index in [0.717, 1.165) is 24.9 Å². The first-order valence-corrected chi connectivity index (χ1v) is 5.15. The number of carbonyl (C=O) groups is 1. The zero-order valence-corrected chi connectivity index (χ0v) is 8.56. The number of hydrogen-bond donors (Lipinski definition) is 0. The van der Waals surface area contributed by atoms with Gasteiger partial charge in [0.2, 0.25) is 0 Å². The summed E-state index contributed by atoms with van der Waals surface area (Å²) < 4.78 is 5.26. The predicted octanol–water partition coefficient (Wildman–Crippen LogP) is 1.06. The summed E-state index contributed by atoms with van der Waals surface area (Å²) in [6.45, 7) is 3.05. The molecule has 0 spiro atoms. The van der Waals surface area contributed by atoms with E-state index < -0.39 is 0 Å². The molecule has 1 radical (unpaired) electrons. The Morgan fingerprint density at radius 2 is 2.27 bits per heavy atom. The first kappa shape index (κ1) is 10.3. The topological polar surface area (TPSA) is 29.5 Å². The molecule has 2 rings (SSSR count). The van der Waals surface area contributed by atoms with Gasteiger partial charge in [-0.2, -0.15) is 0 Å². The van der Waals surface area contributed by atoms with E-state index in [-0.39, 0.29) is 6.04 Å². The number of morpholine rings is 1. The minimum Gasteiger partial charge on any atom is -0.379 e. The van der Waals surface area contributed by atoms with Crippen molar-refractivity contribution in [3.63, 3.8) is 0 Å². The molecule has 0 bridgehead atoms. The van der Waals surface area contributed by atoms with Crippen LogP contribution in [0.15, 0.2) is 24.3 Å². The van der Waals surface area contributed by atoms with E-state index >= 15 is 0 Å². The van der Waals surface area contributed by atoms with Crippen molar-refractivity contribution in [2.45, 2.75) is 6.04 Å². The Kier molecular flexibility index (Phi) is 3.48. The largest absolute Gasteiger partial charge is 0.379 e. The van der Waals surface area contributed by atoms with Gasteiger partial charge in [0, 0.05) is 13.1 Å². The molecular weight excluding hydrogens is 190 g/mol. The summed E-state index contributed by atoms with van der Waals surface area (Å²) >= 11 is 0. The summed E-state index contributed by atoms with van der Waals surface area (Å²) in [5.41, 5.74) is 1.01. The van der Waals surface area contributed by atoms with E-state index in [1.54, 1.807) is 0 Å². The van der Waals surface area contributed by atoms with Gasteiger partial charge in [-0.15, -0.1) is 0 Å². The van der Waals surface area contributed by atoms with Crippen molar-refractivity contribution in [3.05, 3.63) is 35.9 Å². The highest BCUT2D eigenvalue weighted by Crippen LogP contribution is 2.18. The number of ether oxygens (including phenoxy) is 1. The lowest BCUT2D eigenvalue weighted by atomic mass is 10.1. The van der Waals surface area contributed by atoms with Gasteiger partial charge in [0.15, 0.2) is 0 Å². The van der Waals surface area contributed by atoms with E-state index in [9.17, 15) is 4.79 Å². The monoisotopic (exact) mass is 204 g/mol. The number of hydrogen-bond acceptors (Lipinski definition) is 3. The minimum atomic E-state index is -0.147. The maximum absolute atomic E-state index is 11.1. The number of aldehydes is 1. The maximum atomic E-state index is 11.1. The van der Waals surface area contributed by atoms with Gasteiger partial charge in [0.25, 0.3) is 0 Å². The van der Waals surface area contributed by atoms with Crippen LogP contribution in [0.25, 0.3) is 0 Å². The number of nitrogens with zero attached hydrogens (tertiary/aromatic N) is 1. The van der Waals surface area contributed by atoms with Crippen LogP contribution < -0.4 is 0 Å². The van der Waals surface area contributed by atoms with Crippen molar-refractivity contribution in [2.24, 2.45) is 0 Å². The Labute approximate surface area is 89.7 Å². The number of benzene rings is 1. The quantitative estimate of drug-likeness (QED) is 0.689. The van der Waals surface area contributed by atoms with Gasteiger partial charge in [0.05, 0.1) is 19.3 Å². The van der Waals surface area contributed by atoms with Crippen LogP contribution in [-0.4, -0.2) is 37.5 Å². The van der Waals surface area contributed by atoms with E-state index in [1.165, 1.54) is 0 Å². The summed E-state index contributed by atoms with van der Waals surface area (Å²) in [6, 6.07) is 10.4. The van der Waals surface area contributed by atoms with Crippen molar-refractivity contribution in [3.8, 4) is 0 Å². The van der Waals surface area contributed by atoms with Gasteiger partial charge < -0.3 is 9.53 Å². The van der Waals surface area contributed by atoms with Crippen LogP contribution in [0.5, 0.6) is 0 Å². The van der Waals surface area contributed by atoms with Crippen molar-refractivity contribution < 1.29 is 9.53 Å². The fourth-order valence-corrected chi connectivity index (χ4v) is 1.82. The summed E-state index contributed by atoms with van der Waals surface area (Å²) in [5, 5.41) is 0. The highest BCUT2D eigenvalue weighted by Gasteiger charge is 2.21. The van der Waals surface area contributed by atoms with E-state index in [4.69, 9.17) is 4.74 Å². The third-order valence-electron chi connectivity index (χ3n) is 2.64. The van der Waals surface area contributed by atoms with Crippen molar-refractivity contribution in [1.82, 2.24) is 4.90 Å². The predicted molar refractivity (Wildman–Crippen MR) is 56.5 cm³/mol. The lowest BCUT2D eigenvalue weighted by Crippen LogP contribution is -2.39. The summed E-state index contributed by atoms with van der Waals surface area (Å²) in [6.07, 6.45) is 0.995. The van der Waals surface area contributed by atoms with Crippen molar-refractivity contribution >= 4 is 6.29 Å². The van der Waals surface area contributed by atoms with Crippen LogP contribution in [0.4, 0.5) is 0 Å². The van der Waals surface area contributed by atoms with E-state index in [0.29, 0.717) is 13.2 Å². The molecule has 1 aromatic rings. The molecule has 79 valence electrons. The zero-order chi connectivity index (χ0) is 10.5. The Bertz CT molecular complexity index is 307. The van der Waals surface area contributed by atoms with Gasteiger partial charge in [-0.1, -0.05) is 18.2 Å². The van der Waals surface area contributed by atoms with Crippen LogP contribution >= 0.6 is 0 Å². The summed E-state index contributed by atoms with van der Waals surface area (Å²) in [7, 11) is 0. The van der Waals surface area contributed by atoms with Crippen molar-refractivity contribution in [1.29, 1.82) is 0 Å². The first-order chi connectivity index (χ1) is 7.42. The second kappa shape index (κ2) is 5.05. The van der Waals surface area contributed by atoms with Crippen LogP contribution in [0.1, 0.15) is 11.6 Å². The van der Waals surface area contributed by atoms with Gasteiger partial charge in [-0.05, 0) is 17.7 Å². The second-order valence-electron chi connectivity index (χ2n) is 3.57. The maximum Gasteiger partial charge on any atom is 0.141 e. The standard InChI is InChI=1S/C12H14NO2/c14-10-12(11-4-2-1-3-5-11)13-6-8-15-9-7-13/h1-2,4-5,10,12H,6-9H2. The molecule has 1 aromatic carbocycles. The fourth-order valence-electron chi connectivity index (χ4n) is 1.82. The molecule has 1 fully saturated rings. The lowest BCUT2D eigenvalue weighted by molar-refractivity contribution is -0.114. The molecule has 0 aromatic heterocycles. The molecule has 3 heteroatoms. The van der Waals surface area contributed by atoms with Gasteiger partial charge >= 0.3 is 0 Å². The minimum absolute atomic E-state index is 0.147. The third kappa shape index (κ3) is 2.43. The first-order valence-electron chi connectivity index (χ1n) is 5.15. The van der Waals surface area contributed by atoms with Gasteiger partial charge in [0.1, 0.15) is 6.29 Å². The normalized spacial score (nSPS) is 19.7. The summed E-state index contributed by atoms with van der Waals surface area (Å²) in [4.78, 5) is 13.2. The molecule has 1 aliphatic heterocycles. The highest BCUT2D eigenvalue weighted by atomic mass is 16.5. The smallest absolute Gasteiger partial charge is 0.141 e. The van der Waals surface area contributed by atoms with Gasteiger partial charge in [-0.3, -0.25) is 4.90 Å². The SMILES string of the molecule is O=CC(c1c[c]ccc1)N1CCOCC1. The molecule has 1 aliphatic rings. The lowest BCUT2D eigenvalue weighted by Gasteiger charge is -2.31. The Hall–Kier alpha value is -1.19. The Morgan fingerprint density at radius 3 is 2.87 bits per heavy atom. The molecule has 1 saturated heterocycles. The second-order valence-corrected chi connectivity index (χ2v) is 3.57. The zero-order valence-electron chi connectivity index (χ0n) is 8.56. The molecule has 1 unspecified atom stereocenters. The molecule has 3 nitrogen and oxygen atoms in total. The molecule has 0 amide bonds. The fraction of sp³-hybridized carbons (Fsp3) is 0.417. The molecule has 0 aliphatic carbocycles. The van der Waals surface area contributed by atoms with Crippen LogP contribution in [0.3, 0.4) is 0 Å². The van der Waals surface area contributed by atoms with Gasteiger partial charge in [-0.25, -0.2) is 0 Å². The third-order valence-corrected chi connectivity index (χ3v) is 2.64. The molecule has 1 heterocycles. The average Bonchev–Trinajstić information content (AvgIpc) is 2.33.